The van der Waals surface area contributed by atoms with Gasteiger partial charge in [-0.25, -0.2) is 8.42 Å². The molecule has 0 fully saturated rings. The molecule has 0 radical (unpaired) electrons. The highest BCUT2D eigenvalue weighted by Crippen LogP contribution is 2.23. The number of fused-ring (bicyclic) bond motifs is 1. The Labute approximate surface area is 126 Å². The van der Waals surface area contributed by atoms with Gasteiger partial charge < -0.3 is 10.2 Å². The Balaban J connectivity index is 1.97. The Morgan fingerprint density at radius 3 is 2.57 bits per heavy atom. The van der Waals surface area contributed by atoms with Crippen molar-refractivity contribution in [3.63, 3.8) is 0 Å². The van der Waals surface area contributed by atoms with Crippen molar-refractivity contribution in [1.82, 2.24) is 4.98 Å². The predicted molar refractivity (Wildman–Crippen MR) is 80.8 cm³/mol. The minimum absolute atomic E-state index is 0.202. The van der Waals surface area contributed by atoms with Crippen LogP contribution in [-0.2, 0) is 15.6 Å². The summed E-state index contributed by atoms with van der Waals surface area (Å²) in [5, 5.41) is 0.242. The summed E-state index contributed by atoms with van der Waals surface area (Å²) in [5.74, 6) is -0.202. The topological polar surface area (TPSA) is 86.2 Å². The van der Waals surface area contributed by atoms with E-state index in [9.17, 15) is 8.42 Å². The second-order valence-electron chi connectivity index (χ2n) is 4.59. The van der Waals surface area contributed by atoms with Crippen molar-refractivity contribution >= 4 is 38.2 Å². The highest BCUT2D eigenvalue weighted by molar-refractivity contribution is 7.90. The van der Waals surface area contributed by atoms with Crippen molar-refractivity contribution in [2.24, 2.45) is 0 Å². The van der Waals surface area contributed by atoms with Crippen molar-refractivity contribution in [3.05, 3.63) is 53.1 Å². The third-order valence-corrected chi connectivity index (χ3v) is 4.60. The van der Waals surface area contributed by atoms with Crippen LogP contribution in [0.5, 0.6) is 0 Å². The first-order valence-corrected chi connectivity index (χ1v) is 8.10. The zero-order valence-electron chi connectivity index (χ0n) is 10.8. The lowest BCUT2D eigenvalue weighted by molar-refractivity contribution is 0.458. The van der Waals surface area contributed by atoms with E-state index in [-0.39, 0.29) is 11.0 Å². The Kier molecular flexibility index (Phi) is 3.35. The lowest BCUT2D eigenvalue weighted by Crippen LogP contribution is -2.05. The number of hydrogen-bond donors (Lipinski definition) is 1. The molecule has 108 valence electrons. The molecule has 0 aliphatic rings. The number of rotatable bonds is 3. The van der Waals surface area contributed by atoms with E-state index in [2.05, 4.69) is 4.98 Å². The van der Waals surface area contributed by atoms with Gasteiger partial charge in [-0.15, -0.1) is 0 Å². The molecule has 0 saturated carbocycles. The maximum atomic E-state index is 12.3. The molecule has 1 heterocycles. The summed E-state index contributed by atoms with van der Waals surface area (Å²) in [6, 6.07) is 11.4. The van der Waals surface area contributed by atoms with E-state index in [1.807, 2.05) is 0 Å². The van der Waals surface area contributed by atoms with Crippen LogP contribution in [0.15, 0.2) is 52.1 Å². The van der Waals surface area contributed by atoms with Crippen LogP contribution in [0.4, 0.5) is 5.69 Å². The molecule has 5 nitrogen and oxygen atoms in total. The summed E-state index contributed by atoms with van der Waals surface area (Å²) in [5.41, 5.74) is 7.55. The molecule has 1 aromatic heterocycles. The molecule has 0 amide bonds. The molecule has 0 unspecified atom stereocenters. The number of aromatic nitrogens is 1. The molecule has 3 aromatic rings. The predicted octanol–water partition coefficient (Wildman–Crippen LogP) is 3.04. The molecule has 7 heteroatoms. The second kappa shape index (κ2) is 5.05. The molecule has 3 rings (SSSR count). The summed E-state index contributed by atoms with van der Waals surface area (Å²) in [7, 11) is -3.66. The van der Waals surface area contributed by atoms with E-state index in [0.717, 1.165) is 0 Å². The first-order valence-electron chi connectivity index (χ1n) is 6.07. The van der Waals surface area contributed by atoms with Gasteiger partial charge in [0.25, 0.3) is 0 Å². The van der Waals surface area contributed by atoms with Crippen molar-refractivity contribution in [2.75, 3.05) is 5.73 Å². The van der Waals surface area contributed by atoms with Crippen LogP contribution in [0, 0.1) is 0 Å². The van der Waals surface area contributed by atoms with E-state index in [4.69, 9.17) is 21.8 Å². The molecular weight excluding hydrogens is 312 g/mol. The monoisotopic (exact) mass is 322 g/mol. The molecule has 0 atom stereocenters. The van der Waals surface area contributed by atoms with Gasteiger partial charge in [0.15, 0.2) is 5.58 Å². The smallest absolute Gasteiger partial charge is 0.316 e. The van der Waals surface area contributed by atoms with Gasteiger partial charge in [0.2, 0.25) is 9.84 Å². The molecule has 21 heavy (non-hydrogen) atoms. The molecule has 0 aliphatic heterocycles. The highest BCUT2D eigenvalue weighted by Gasteiger charge is 2.22. The summed E-state index contributed by atoms with van der Waals surface area (Å²) in [6.07, 6.45) is 0. The fraction of sp³-hybridized carbons (Fsp3) is 0.0714. The standard InChI is InChI=1S/C14H11ClN2O3S/c15-10-3-1-9(2-4-10)8-21(18,19)14-17-12-7-11(16)5-6-13(12)20-14/h1-7H,8,16H2. The van der Waals surface area contributed by atoms with Crippen LogP contribution >= 0.6 is 11.6 Å². The number of nitrogens with zero attached hydrogens (tertiary/aromatic N) is 1. The SMILES string of the molecule is Nc1ccc2oc(S(=O)(=O)Cc3ccc(Cl)cc3)nc2c1. The van der Waals surface area contributed by atoms with Gasteiger partial charge >= 0.3 is 5.22 Å². The van der Waals surface area contributed by atoms with Gasteiger partial charge in [-0.05, 0) is 35.9 Å². The Morgan fingerprint density at radius 2 is 1.86 bits per heavy atom. The van der Waals surface area contributed by atoms with Gasteiger partial charge in [-0.1, -0.05) is 23.7 Å². The van der Waals surface area contributed by atoms with Gasteiger partial charge in [-0.3, -0.25) is 0 Å². The molecule has 2 N–H and O–H groups in total. The van der Waals surface area contributed by atoms with Crippen LogP contribution in [0.25, 0.3) is 11.1 Å². The summed E-state index contributed by atoms with van der Waals surface area (Å²) < 4.78 is 29.9. The average Bonchev–Trinajstić information content (AvgIpc) is 2.85. The molecule has 0 bridgehead atoms. The third kappa shape index (κ3) is 2.86. The van der Waals surface area contributed by atoms with E-state index in [1.165, 1.54) is 0 Å². The molecular formula is C14H11ClN2O3S. The highest BCUT2D eigenvalue weighted by atomic mass is 35.5. The summed E-state index contributed by atoms with van der Waals surface area (Å²) >= 11 is 5.78. The first kappa shape index (κ1) is 13.9. The number of oxazole rings is 1. The van der Waals surface area contributed by atoms with Gasteiger partial charge in [-0.2, -0.15) is 4.98 Å². The number of benzene rings is 2. The first-order chi connectivity index (χ1) is 9.94. The maximum Gasteiger partial charge on any atom is 0.316 e. The van der Waals surface area contributed by atoms with Gasteiger partial charge in [0.1, 0.15) is 5.52 Å². The third-order valence-electron chi connectivity index (χ3n) is 2.93. The van der Waals surface area contributed by atoms with E-state index >= 15 is 0 Å². The lowest BCUT2D eigenvalue weighted by Gasteiger charge is -2.00. The number of halogens is 1. The van der Waals surface area contributed by atoms with Gasteiger partial charge in [0.05, 0.1) is 5.75 Å². The Bertz CT molecular complexity index is 902. The van der Waals surface area contributed by atoms with E-state index in [1.54, 1.807) is 42.5 Å². The molecule has 2 aromatic carbocycles. The van der Waals surface area contributed by atoms with Crippen molar-refractivity contribution in [2.45, 2.75) is 11.0 Å². The van der Waals surface area contributed by atoms with Crippen molar-refractivity contribution < 1.29 is 12.8 Å². The fourth-order valence-electron chi connectivity index (χ4n) is 1.92. The molecule has 0 aliphatic carbocycles. The number of nitrogen functional groups attached to an aromatic ring is 1. The minimum Gasteiger partial charge on any atom is -0.428 e. The zero-order chi connectivity index (χ0) is 15.0. The normalized spacial score (nSPS) is 11.9. The Hall–Kier alpha value is -2.05. The Morgan fingerprint density at radius 1 is 1.14 bits per heavy atom. The molecule has 0 saturated heterocycles. The lowest BCUT2D eigenvalue weighted by atomic mass is 10.2. The molecule has 0 spiro atoms. The number of sulfone groups is 1. The van der Waals surface area contributed by atoms with E-state index < -0.39 is 9.84 Å². The van der Waals surface area contributed by atoms with Crippen LogP contribution in [0.3, 0.4) is 0 Å². The summed E-state index contributed by atoms with van der Waals surface area (Å²) in [6.45, 7) is 0. The zero-order valence-corrected chi connectivity index (χ0v) is 12.4. The van der Waals surface area contributed by atoms with Crippen LogP contribution in [0.1, 0.15) is 5.56 Å². The number of nitrogens with two attached hydrogens (primary N) is 1. The summed E-state index contributed by atoms with van der Waals surface area (Å²) in [4.78, 5) is 4.00. The number of anilines is 1. The second-order valence-corrected chi connectivity index (χ2v) is 6.90. The largest absolute Gasteiger partial charge is 0.428 e. The maximum absolute atomic E-state index is 12.3. The van der Waals surface area contributed by atoms with Crippen LogP contribution < -0.4 is 5.73 Å². The minimum atomic E-state index is -3.66. The van der Waals surface area contributed by atoms with Crippen LogP contribution in [0.2, 0.25) is 5.02 Å². The fourth-order valence-corrected chi connectivity index (χ4v) is 3.25. The average molecular weight is 323 g/mol. The van der Waals surface area contributed by atoms with Gasteiger partial charge in [0, 0.05) is 10.7 Å². The van der Waals surface area contributed by atoms with Crippen molar-refractivity contribution in [1.29, 1.82) is 0 Å². The van der Waals surface area contributed by atoms with Crippen LogP contribution in [-0.4, -0.2) is 13.4 Å². The number of hydrogen-bond acceptors (Lipinski definition) is 5. The quantitative estimate of drug-likeness (QED) is 0.749. The van der Waals surface area contributed by atoms with E-state index in [0.29, 0.717) is 27.4 Å². The van der Waals surface area contributed by atoms with Crippen molar-refractivity contribution in [3.8, 4) is 0 Å².